The first-order chi connectivity index (χ1) is 13.8. The van der Waals surface area contributed by atoms with Crippen molar-refractivity contribution in [2.45, 2.75) is 69.9 Å². The average molecular weight is 438 g/mol. The Morgan fingerprint density at radius 1 is 1.34 bits per heavy atom. The molecular weight excluding hydrogens is 410 g/mol. The second kappa shape index (κ2) is 8.87. The highest BCUT2D eigenvalue weighted by Crippen LogP contribution is 2.32. The number of amides is 1. The second-order valence-electron chi connectivity index (χ2n) is 7.43. The van der Waals surface area contributed by atoms with E-state index in [0.29, 0.717) is 36.4 Å². The molecule has 9 heteroatoms. The van der Waals surface area contributed by atoms with Crippen molar-refractivity contribution in [3.8, 4) is 0 Å². The van der Waals surface area contributed by atoms with Gasteiger partial charge < -0.3 is 15.0 Å². The van der Waals surface area contributed by atoms with Gasteiger partial charge in [0.2, 0.25) is 5.91 Å². The lowest BCUT2D eigenvalue weighted by atomic mass is 9.97. The molecule has 2 N–H and O–H groups in total. The predicted molar refractivity (Wildman–Crippen MR) is 116 cm³/mol. The Bertz CT molecular complexity index is 976. The molecule has 1 aliphatic carbocycles. The maximum Gasteiger partial charge on any atom is 0.331 e. The summed E-state index contributed by atoms with van der Waals surface area (Å²) in [5.41, 5.74) is -0.0809. The summed E-state index contributed by atoms with van der Waals surface area (Å²) in [5, 5.41) is 3.19. The van der Waals surface area contributed by atoms with Crippen LogP contribution < -0.4 is 10.9 Å². The Labute approximate surface area is 178 Å². The van der Waals surface area contributed by atoms with Crippen molar-refractivity contribution in [1.82, 2.24) is 15.3 Å². The van der Waals surface area contributed by atoms with Crippen LogP contribution in [0, 0.1) is 13.8 Å². The van der Waals surface area contributed by atoms with Crippen LogP contribution in [0.3, 0.4) is 0 Å². The average Bonchev–Trinajstić information content (AvgIpc) is 3.25. The van der Waals surface area contributed by atoms with E-state index >= 15 is 0 Å². The molecule has 1 saturated carbocycles. The van der Waals surface area contributed by atoms with Gasteiger partial charge in [0.25, 0.3) is 5.56 Å². The number of aryl methyl sites for hydroxylation is 2. The second-order valence-corrected chi connectivity index (χ2v) is 9.96. The number of nitrogens with zero attached hydrogens (tertiary/aromatic N) is 1. The number of hydrogen-bond donors (Lipinski definition) is 2. The molecule has 0 radical (unpaired) electrons. The lowest BCUT2D eigenvalue weighted by molar-refractivity contribution is -0.153. The van der Waals surface area contributed by atoms with Gasteiger partial charge in [0.15, 0.2) is 0 Å². The fraction of sp³-hybridized carbons (Fsp3) is 0.600. The van der Waals surface area contributed by atoms with Gasteiger partial charge in [0.05, 0.1) is 23.0 Å². The number of aromatic amines is 1. The molecule has 2 aromatic rings. The molecule has 29 heavy (non-hydrogen) atoms. The lowest BCUT2D eigenvalue weighted by Gasteiger charge is -2.29. The maximum absolute atomic E-state index is 12.7. The molecular formula is C20H27N3O4S2. The van der Waals surface area contributed by atoms with Gasteiger partial charge in [-0.2, -0.15) is 0 Å². The normalized spacial score (nSPS) is 16.7. The van der Waals surface area contributed by atoms with Gasteiger partial charge >= 0.3 is 5.97 Å². The summed E-state index contributed by atoms with van der Waals surface area (Å²) in [4.78, 5) is 46.7. The van der Waals surface area contributed by atoms with E-state index in [9.17, 15) is 14.4 Å². The van der Waals surface area contributed by atoms with E-state index < -0.39 is 10.8 Å². The third kappa shape index (κ3) is 4.50. The zero-order valence-corrected chi connectivity index (χ0v) is 18.8. The minimum absolute atomic E-state index is 0.142. The number of nitrogens with one attached hydrogen (secondary N) is 2. The smallest absolute Gasteiger partial charge is 0.331 e. The van der Waals surface area contributed by atoms with Crippen molar-refractivity contribution in [3.05, 3.63) is 26.6 Å². The Morgan fingerprint density at radius 2 is 2.03 bits per heavy atom. The topological polar surface area (TPSA) is 101 Å². The molecule has 0 spiro atoms. The number of fused-ring (bicyclic) bond motifs is 1. The van der Waals surface area contributed by atoms with Crippen LogP contribution in [0.4, 0.5) is 0 Å². The molecule has 158 valence electrons. The number of carbonyl (C=O) groups excluding carboxylic acids is 2. The number of esters is 1. The van der Waals surface area contributed by atoms with Gasteiger partial charge in [-0.05, 0) is 46.1 Å². The Kier molecular flexibility index (Phi) is 6.68. The first kappa shape index (κ1) is 21.8. The zero-order valence-electron chi connectivity index (χ0n) is 17.2. The van der Waals surface area contributed by atoms with Crippen molar-refractivity contribution in [3.63, 3.8) is 0 Å². The molecule has 0 aromatic carbocycles. The quantitative estimate of drug-likeness (QED) is 0.645. The van der Waals surface area contributed by atoms with Gasteiger partial charge in [0, 0.05) is 4.88 Å². The molecule has 0 bridgehead atoms. The Morgan fingerprint density at radius 3 is 2.69 bits per heavy atom. The summed E-state index contributed by atoms with van der Waals surface area (Å²) >= 11 is 2.89. The molecule has 0 aliphatic heterocycles. The van der Waals surface area contributed by atoms with E-state index in [1.807, 2.05) is 13.8 Å². The van der Waals surface area contributed by atoms with Crippen LogP contribution >= 0.6 is 23.1 Å². The number of thiophene rings is 1. The van der Waals surface area contributed by atoms with Crippen LogP contribution in [0.1, 0.15) is 55.8 Å². The molecule has 7 nitrogen and oxygen atoms in total. The fourth-order valence-corrected chi connectivity index (χ4v) is 5.42. The SMILES string of the molecule is CCOC(=O)C1(NC(=O)C(C)SCc2nc3sc(C)c(C)c3c(=O)[nH]2)CCCC1. The van der Waals surface area contributed by atoms with Crippen LogP contribution in [-0.2, 0) is 20.1 Å². The van der Waals surface area contributed by atoms with Crippen LogP contribution in [0.5, 0.6) is 0 Å². The highest BCUT2D eigenvalue weighted by atomic mass is 32.2. The Hall–Kier alpha value is -1.87. The fourth-order valence-electron chi connectivity index (χ4n) is 3.61. The van der Waals surface area contributed by atoms with E-state index in [-0.39, 0.29) is 17.4 Å². The summed E-state index contributed by atoms with van der Waals surface area (Å²) in [7, 11) is 0. The third-order valence-corrected chi connectivity index (χ3v) is 7.67. The molecule has 1 atom stereocenters. The highest BCUT2D eigenvalue weighted by Gasteiger charge is 2.44. The van der Waals surface area contributed by atoms with Crippen LogP contribution in [0.2, 0.25) is 0 Å². The van der Waals surface area contributed by atoms with Gasteiger partial charge in [-0.15, -0.1) is 23.1 Å². The maximum atomic E-state index is 12.7. The highest BCUT2D eigenvalue weighted by molar-refractivity contribution is 7.99. The van der Waals surface area contributed by atoms with Crippen molar-refractivity contribution in [2.75, 3.05) is 6.61 Å². The van der Waals surface area contributed by atoms with Gasteiger partial charge in [0.1, 0.15) is 16.2 Å². The van der Waals surface area contributed by atoms with Crippen molar-refractivity contribution >= 4 is 45.2 Å². The van der Waals surface area contributed by atoms with Crippen molar-refractivity contribution in [1.29, 1.82) is 0 Å². The number of aromatic nitrogens is 2. The molecule has 0 saturated heterocycles. The van der Waals surface area contributed by atoms with Gasteiger partial charge in [-0.25, -0.2) is 9.78 Å². The number of ether oxygens (including phenoxy) is 1. The summed E-state index contributed by atoms with van der Waals surface area (Å²) in [6.45, 7) is 7.76. The first-order valence-corrected chi connectivity index (χ1v) is 11.7. The van der Waals surface area contributed by atoms with Crippen molar-refractivity contribution < 1.29 is 14.3 Å². The molecule has 1 amide bonds. The summed E-state index contributed by atoms with van der Waals surface area (Å²) < 4.78 is 5.20. The molecule has 1 unspecified atom stereocenters. The van der Waals surface area contributed by atoms with E-state index in [1.54, 1.807) is 13.8 Å². The third-order valence-electron chi connectivity index (χ3n) is 5.41. The van der Waals surface area contributed by atoms with Crippen LogP contribution in [-0.4, -0.2) is 39.2 Å². The Balaban J connectivity index is 1.66. The number of rotatable bonds is 7. The zero-order chi connectivity index (χ0) is 21.2. The van der Waals surface area contributed by atoms with E-state index in [0.717, 1.165) is 28.1 Å². The van der Waals surface area contributed by atoms with E-state index in [2.05, 4.69) is 15.3 Å². The van der Waals surface area contributed by atoms with Crippen molar-refractivity contribution in [2.24, 2.45) is 0 Å². The lowest BCUT2D eigenvalue weighted by Crippen LogP contribution is -2.55. The number of thioether (sulfide) groups is 1. The standard InChI is InChI=1S/C20H27N3O4S2/c1-5-27-19(26)20(8-6-7-9-20)23-16(24)13(4)28-10-14-21-17(25)15-11(2)12(3)29-18(15)22-14/h13H,5-10H2,1-4H3,(H,23,24)(H,21,22,25). The van der Waals surface area contributed by atoms with Crippen LogP contribution in [0.25, 0.3) is 10.2 Å². The molecule has 2 heterocycles. The van der Waals surface area contributed by atoms with Crippen LogP contribution in [0.15, 0.2) is 4.79 Å². The van der Waals surface area contributed by atoms with E-state index in [4.69, 9.17) is 4.74 Å². The van der Waals surface area contributed by atoms with E-state index in [1.165, 1.54) is 23.1 Å². The molecule has 1 fully saturated rings. The first-order valence-electron chi connectivity index (χ1n) is 9.87. The summed E-state index contributed by atoms with van der Waals surface area (Å²) in [6, 6.07) is 0. The van der Waals surface area contributed by atoms with Gasteiger partial charge in [-0.1, -0.05) is 12.8 Å². The molecule has 1 aliphatic rings. The minimum atomic E-state index is -0.903. The largest absolute Gasteiger partial charge is 0.464 e. The monoisotopic (exact) mass is 437 g/mol. The molecule has 2 aromatic heterocycles. The predicted octanol–water partition coefficient (Wildman–Crippen LogP) is 3.22. The minimum Gasteiger partial charge on any atom is -0.464 e. The summed E-state index contributed by atoms with van der Waals surface area (Å²) in [5.74, 6) is 0.413. The molecule has 3 rings (SSSR count). The number of H-pyrrole nitrogens is 1. The summed E-state index contributed by atoms with van der Waals surface area (Å²) in [6.07, 6.45) is 3.01. The van der Waals surface area contributed by atoms with Gasteiger partial charge in [-0.3, -0.25) is 9.59 Å². The number of carbonyl (C=O) groups is 2. The number of hydrogen-bond acceptors (Lipinski definition) is 7.